The Hall–Kier alpha value is -2.38. The second-order valence-corrected chi connectivity index (χ2v) is 5.79. The average Bonchev–Trinajstić information content (AvgIpc) is 3.00. The summed E-state index contributed by atoms with van der Waals surface area (Å²) in [5, 5.41) is 9.83. The van der Waals surface area contributed by atoms with Gasteiger partial charge in [0.1, 0.15) is 12.3 Å². The number of carbonyl (C=O) groups excluding carboxylic acids is 2. The van der Waals surface area contributed by atoms with E-state index in [2.05, 4.69) is 15.7 Å². The predicted molar refractivity (Wildman–Crippen MR) is 92.5 cm³/mol. The fraction of sp³-hybridized carbons (Fsp3) is 0.312. The summed E-state index contributed by atoms with van der Waals surface area (Å²) < 4.78 is 6.38. The van der Waals surface area contributed by atoms with Crippen molar-refractivity contribution in [2.24, 2.45) is 0 Å². The van der Waals surface area contributed by atoms with Crippen LogP contribution in [0.25, 0.3) is 0 Å². The van der Waals surface area contributed by atoms with Gasteiger partial charge in [0.2, 0.25) is 5.91 Å². The Bertz CT molecular complexity index is 743. The summed E-state index contributed by atoms with van der Waals surface area (Å²) in [6.45, 7) is 3.82. The number of aromatic nitrogens is 2. The van der Waals surface area contributed by atoms with Gasteiger partial charge in [-0.15, -0.1) is 0 Å². The van der Waals surface area contributed by atoms with Gasteiger partial charge in [-0.25, -0.2) is 0 Å². The van der Waals surface area contributed by atoms with Crippen LogP contribution in [0.4, 0.5) is 11.4 Å². The third-order valence-corrected chi connectivity index (χ3v) is 3.48. The van der Waals surface area contributed by atoms with Crippen LogP contribution in [-0.4, -0.2) is 35.3 Å². The minimum absolute atomic E-state index is 0.0615. The smallest absolute Gasteiger partial charge is 0.273 e. The predicted octanol–water partition coefficient (Wildman–Crippen LogP) is 2.95. The molecule has 1 aromatic carbocycles. The number of ether oxygens (including phenoxy) is 1. The van der Waals surface area contributed by atoms with Gasteiger partial charge in [0.25, 0.3) is 5.91 Å². The average molecular weight is 351 g/mol. The fourth-order valence-electron chi connectivity index (χ4n) is 2.11. The Balaban J connectivity index is 2.10. The maximum atomic E-state index is 12.4. The molecule has 0 fully saturated rings. The minimum atomic E-state index is -0.308. The van der Waals surface area contributed by atoms with E-state index in [1.807, 2.05) is 13.8 Å². The molecular weight excluding hydrogens is 332 g/mol. The summed E-state index contributed by atoms with van der Waals surface area (Å²) in [7, 11) is 1.43. The van der Waals surface area contributed by atoms with Crippen LogP contribution in [0.3, 0.4) is 0 Å². The number of hydrogen-bond donors (Lipinski definition) is 2. The number of benzene rings is 1. The molecule has 8 heteroatoms. The number of amides is 2. The molecule has 0 bridgehead atoms. The van der Waals surface area contributed by atoms with Gasteiger partial charge in [-0.1, -0.05) is 11.6 Å². The van der Waals surface area contributed by atoms with E-state index in [1.54, 1.807) is 35.1 Å². The standard InChI is InChI=1S/C16H19ClN4O3/c1-10(2)21-14(6-7-18-21)16(23)19-11-4-5-13(12(17)8-11)20-15(22)9-24-3/h4-8,10H,9H2,1-3H3,(H,19,23)(H,20,22). The zero-order chi connectivity index (χ0) is 17.7. The first-order valence-corrected chi connectivity index (χ1v) is 7.73. The van der Waals surface area contributed by atoms with Crippen molar-refractivity contribution in [2.45, 2.75) is 19.9 Å². The van der Waals surface area contributed by atoms with Gasteiger partial charge in [0.05, 0.1) is 10.7 Å². The zero-order valence-corrected chi connectivity index (χ0v) is 14.4. The maximum absolute atomic E-state index is 12.4. The van der Waals surface area contributed by atoms with Crippen LogP contribution in [0.15, 0.2) is 30.5 Å². The van der Waals surface area contributed by atoms with Crippen LogP contribution in [0.2, 0.25) is 5.02 Å². The highest BCUT2D eigenvalue weighted by atomic mass is 35.5. The lowest BCUT2D eigenvalue weighted by atomic mass is 10.2. The largest absolute Gasteiger partial charge is 0.375 e. The lowest BCUT2D eigenvalue weighted by molar-refractivity contribution is -0.119. The van der Waals surface area contributed by atoms with Crippen molar-refractivity contribution in [1.29, 1.82) is 0 Å². The van der Waals surface area contributed by atoms with Crippen LogP contribution in [0.1, 0.15) is 30.4 Å². The van der Waals surface area contributed by atoms with Gasteiger partial charge in [0.15, 0.2) is 0 Å². The Labute approximate surface area is 144 Å². The highest BCUT2D eigenvalue weighted by Gasteiger charge is 2.15. The van der Waals surface area contributed by atoms with Gasteiger partial charge >= 0.3 is 0 Å². The van der Waals surface area contributed by atoms with Crippen LogP contribution in [0.5, 0.6) is 0 Å². The second kappa shape index (κ2) is 7.94. The Morgan fingerprint density at radius 3 is 2.67 bits per heavy atom. The van der Waals surface area contributed by atoms with Gasteiger partial charge < -0.3 is 15.4 Å². The van der Waals surface area contributed by atoms with E-state index in [4.69, 9.17) is 16.3 Å². The lowest BCUT2D eigenvalue weighted by Gasteiger charge is -2.12. The molecule has 7 nitrogen and oxygen atoms in total. The molecule has 2 N–H and O–H groups in total. The van der Waals surface area contributed by atoms with Crippen molar-refractivity contribution in [2.75, 3.05) is 24.4 Å². The Kier molecular flexibility index (Phi) is 5.94. The molecule has 2 amide bonds. The van der Waals surface area contributed by atoms with E-state index in [1.165, 1.54) is 7.11 Å². The second-order valence-electron chi connectivity index (χ2n) is 5.38. The summed E-state index contributed by atoms with van der Waals surface area (Å²) >= 11 is 6.14. The summed E-state index contributed by atoms with van der Waals surface area (Å²) in [5.41, 5.74) is 1.42. The number of halogens is 1. The first kappa shape index (κ1) is 18.0. The SMILES string of the molecule is COCC(=O)Nc1ccc(NC(=O)c2ccnn2C(C)C)cc1Cl. The molecule has 1 aromatic heterocycles. The first-order valence-electron chi connectivity index (χ1n) is 7.35. The third-order valence-electron chi connectivity index (χ3n) is 3.17. The van der Waals surface area contributed by atoms with Crippen LogP contribution in [-0.2, 0) is 9.53 Å². The van der Waals surface area contributed by atoms with Gasteiger partial charge in [-0.3, -0.25) is 14.3 Å². The minimum Gasteiger partial charge on any atom is -0.375 e. The molecule has 0 radical (unpaired) electrons. The summed E-state index contributed by atoms with van der Waals surface area (Å²) in [5.74, 6) is -0.592. The first-order chi connectivity index (χ1) is 11.4. The van der Waals surface area contributed by atoms with Crippen molar-refractivity contribution in [3.63, 3.8) is 0 Å². The normalized spacial score (nSPS) is 10.7. The van der Waals surface area contributed by atoms with E-state index in [9.17, 15) is 9.59 Å². The molecule has 0 aliphatic rings. The van der Waals surface area contributed by atoms with Gasteiger partial charge in [-0.2, -0.15) is 5.10 Å². The molecule has 2 rings (SSSR count). The molecule has 0 spiro atoms. The molecule has 0 aliphatic heterocycles. The highest BCUT2D eigenvalue weighted by molar-refractivity contribution is 6.34. The Morgan fingerprint density at radius 1 is 1.29 bits per heavy atom. The summed E-state index contributed by atoms with van der Waals surface area (Å²) in [6.07, 6.45) is 1.58. The quantitative estimate of drug-likeness (QED) is 0.838. The molecule has 0 saturated heterocycles. The lowest BCUT2D eigenvalue weighted by Crippen LogP contribution is -2.19. The van der Waals surface area contributed by atoms with Crippen LogP contribution < -0.4 is 10.6 Å². The molecule has 0 saturated carbocycles. The highest BCUT2D eigenvalue weighted by Crippen LogP contribution is 2.26. The molecule has 0 aliphatic carbocycles. The number of methoxy groups -OCH3 is 1. The zero-order valence-electron chi connectivity index (χ0n) is 13.7. The van der Waals surface area contributed by atoms with E-state index in [0.29, 0.717) is 22.1 Å². The maximum Gasteiger partial charge on any atom is 0.273 e. The molecule has 1 heterocycles. The number of nitrogens with one attached hydrogen (secondary N) is 2. The molecule has 128 valence electrons. The summed E-state index contributed by atoms with van der Waals surface area (Å²) in [6, 6.07) is 6.56. The van der Waals surface area contributed by atoms with Crippen molar-refractivity contribution in [3.05, 3.63) is 41.2 Å². The number of carbonyl (C=O) groups is 2. The van der Waals surface area contributed by atoms with Crippen LogP contribution in [0, 0.1) is 0 Å². The number of nitrogens with zero attached hydrogens (tertiary/aromatic N) is 2. The number of rotatable bonds is 6. The van der Waals surface area contributed by atoms with Gasteiger partial charge in [0, 0.05) is 25.0 Å². The molecule has 24 heavy (non-hydrogen) atoms. The van der Waals surface area contributed by atoms with Crippen molar-refractivity contribution in [1.82, 2.24) is 9.78 Å². The molecule has 2 aromatic rings. The topological polar surface area (TPSA) is 85.2 Å². The molecular formula is C16H19ClN4O3. The van der Waals surface area contributed by atoms with Crippen molar-refractivity contribution >= 4 is 34.8 Å². The molecule has 0 unspecified atom stereocenters. The third kappa shape index (κ3) is 4.33. The molecule has 0 atom stereocenters. The fourth-order valence-corrected chi connectivity index (χ4v) is 2.34. The number of anilines is 2. The number of hydrogen-bond acceptors (Lipinski definition) is 4. The van der Waals surface area contributed by atoms with E-state index in [-0.39, 0.29) is 24.5 Å². The monoisotopic (exact) mass is 350 g/mol. The van der Waals surface area contributed by atoms with Crippen molar-refractivity contribution < 1.29 is 14.3 Å². The van der Waals surface area contributed by atoms with E-state index < -0.39 is 0 Å². The Morgan fingerprint density at radius 2 is 2.04 bits per heavy atom. The van der Waals surface area contributed by atoms with Crippen molar-refractivity contribution in [3.8, 4) is 0 Å². The summed E-state index contributed by atoms with van der Waals surface area (Å²) in [4.78, 5) is 23.9. The van der Waals surface area contributed by atoms with E-state index in [0.717, 1.165) is 0 Å². The van der Waals surface area contributed by atoms with Crippen LogP contribution >= 0.6 is 11.6 Å². The van der Waals surface area contributed by atoms with E-state index >= 15 is 0 Å². The van der Waals surface area contributed by atoms with Gasteiger partial charge in [-0.05, 0) is 38.1 Å².